The van der Waals surface area contributed by atoms with E-state index in [0.29, 0.717) is 13.0 Å². The number of hydrazine groups is 1. The summed E-state index contributed by atoms with van der Waals surface area (Å²) in [7, 11) is 1.74. The number of urea groups is 1. The van der Waals surface area contributed by atoms with E-state index in [2.05, 4.69) is 5.32 Å². The summed E-state index contributed by atoms with van der Waals surface area (Å²) in [6.07, 6.45) is 0.751. The average molecular weight is 464 g/mol. The molecule has 0 saturated carbocycles. The molecule has 0 bridgehead atoms. The number of hydrogen-bond acceptors (Lipinski definition) is 4. The van der Waals surface area contributed by atoms with Crippen molar-refractivity contribution in [3.63, 3.8) is 0 Å². The smallest absolute Gasteiger partial charge is 0.333 e. The van der Waals surface area contributed by atoms with Crippen molar-refractivity contribution >= 4 is 17.8 Å². The van der Waals surface area contributed by atoms with Gasteiger partial charge in [-0.1, -0.05) is 74.0 Å². The van der Waals surface area contributed by atoms with Crippen molar-refractivity contribution in [1.82, 2.24) is 25.1 Å². The van der Waals surface area contributed by atoms with Crippen LogP contribution in [0.2, 0.25) is 0 Å². The maximum absolute atomic E-state index is 13.6. The fraction of sp³-hybridized carbons (Fsp3) is 0.423. The molecule has 2 aromatic carbocycles. The number of nitrogens with one attached hydrogen (secondary N) is 1. The highest BCUT2D eigenvalue weighted by atomic mass is 16.2. The van der Waals surface area contributed by atoms with E-state index in [1.54, 1.807) is 22.0 Å². The number of fused-ring (bicyclic) bond motifs is 1. The van der Waals surface area contributed by atoms with Crippen LogP contribution in [-0.2, 0) is 16.1 Å². The Morgan fingerprint density at radius 1 is 1.06 bits per heavy atom. The Bertz CT molecular complexity index is 1020. The zero-order valence-corrected chi connectivity index (χ0v) is 20.1. The molecule has 0 aromatic heterocycles. The van der Waals surface area contributed by atoms with Gasteiger partial charge in [0.15, 0.2) is 0 Å². The monoisotopic (exact) mass is 463 g/mol. The van der Waals surface area contributed by atoms with E-state index in [-0.39, 0.29) is 37.0 Å². The van der Waals surface area contributed by atoms with Crippen LogP contribution < -0.4 is 5.32 Å². The number of likely N-dealkylation sites (N-methyl/N-ethyl adjacent to an activating group) is 1. The van der Waals surface area contributed by atoms with Gasteiger partial charge in [-0.25, -0.2) is 14.8 Å². The van der Waals surface area contributed by atoms with Crippen molar-refractivity contribution in [2.45, 2.75) is 51.5 Å². The van der Waals surface area contributed by atoms with Gasteiger partial charge in [-0.05, 0) is 24.5 Å². The average Bonchev–Trinajstić information content (AvgIpc) is 2.85. The van der Waals surface area contributed by atoms with Crippen LogP contribution in [0.1, 0.15) is 43.9 Å². The SMILES string of the molecule is CCC[C@H]1C(=O)N([C@@H](C)c2ccccc2)C[C@H]2N1C(=O)CN(C)N2C(=O)NCc1ccccc1. The van der Waals surface area contributed by atoms with Crippen LogP contribution in [0.5, 0.6) is 0 Å². The number of nitrogens with zero attached hydrogens (tertiary/aromatic N) is 4. The minimum Gasteiger partial charge on any atom is -0.333 e. The summed E-state index contributed by atoms with van der Waals surface area (Å²) in [6, 6.07) is 18.5. The molecular weight excluding hydrogens is 430 g/mol. The second kappa shape index (κ2) is 10.3. The Labute approximate surface area is 201 Å². The van der Waals surface area contributed by atoms with Crippen molar-refractivity contribution < 1.29 is 14.4 Å². The van der Waals surface area contributed by atoms with Gasteiger partial charge in [0.25, 0.3) is 0 Å². The van der Waals surface area contributed by atoms with Gasteiger partial charge < -0.3 is 15.1 Å². The summed E-state index contributed by atoms with van der Waals surface area (Å²) >= 11 is 0. The summed E-state index contributed by atoms with van der Waals surface area (Å²) in [5, 5.41) is 6.25. The molecule has 8 nitrogen and oxygen atoms in total. The molecule has 0 aliphatic carbocycles. The largest absolute Gasteiger partial charge is 0.334 e. The minimum absolute atomic E-state index is 0.0526. The van der Waals surface area contributed by atoms with Crippen LogP contribution in [0, 0.1) is 0 Å². The Balaban J connectivity index is 1.62. The lowest BCUT2D eigenvalue weighted by molar-refractivity contribution is -0.189. The Morgan fingerprint density at radius 2 is 1.71 bits per heavy atom. The summed E-state index contributed by atoms with van der Waals surface area (Å²) in [5.74, 6) is -0.185. The fourth-order valence-corrected chi connectivity index (χ4v) is 4.93. The highest BCUT2D eigenvalue weighted by Crippen LogP contribution is 2.32. The molecular formula is C26H33N5O3. The van der Waals surface area contributed by atoms with E-state index in [9.17, 15) is 14.4 Å². The molecule has 34 heavy (non-hydrogen) atoms. The predicted molar refractivity (Wildman–Crippen MR) is 129 cm³/mol. The molecule has 2 heterocycles. The van der Waals surface area contributed by atoms with Gasteiger partial charge in [0.2, 0.25) is 11.8 Å². The number of hydrogen-bond donors (Lipinski definition) is 1. The molecule has 2 saturated heterocycles. The first-order valence-corrected chi connectivity index (χ1v) is 11.9. The van der Waals surface area contributed by atoms with Gasteiger partial charge >= 0.3 is 6.03 Å². The quantitative estimate of drug-likeness (QED) is 0.715. The zero-order valence-electron chi connectivity index (χ0n) is 20.1. The van der Waals surface area contributed by atoms with Crippen molar-refractivity contribution in [2.75, 3.05) is 20.1 Å². The number of benzene rings is 2. The molecule has 2 aromatic rings. The van der Waals surface area contributed by atoms with Gasteiger partial charge in [-0.2, -0.15) is 0 Å². The maximum atomic E-state index is 13.6. The topological polar surface area (TPSA) is 76.2 Å². The van der Waals surface area contributed by atoms with Crippen molar-refractivity contribution in [3.05, 3.63) is 71.8 Å². The summed E-state index contributed by atoms with van der Waals surface area (Å²) < 4.78 is 0. The minimum atomic E-state index is -0.583. The second-order valence-corrected chi connectivity index (χ2v) is 8.97. The van der Waals surface area contributed by atoms with Crippen molar-refractivity contribution in [2.24, 2.45) is 0 Å². The van der Waals surface area contributed by atoms with Gasteiger partial charge in [0.05, 0.1) is 19.1 Å². The van der Waals surface area contributed by atoms with E-state index in [1.807, 2.05) is 79.4 Å². The summed E-state index contributed by atoms with van der Waals surface area (Å²) in [6.45, 7) is 4.69. The van der Waals surface area contributed by atoms with Crippen LogP contribution in [0.25, 0.3) is 0 Å². The molecule has 180 valence electrons. The third kappa shape index (κ3) is 4.63. The van der Waals surface area contributed by atoms with Crippen LogP contribution >= 0.6 is 0 Å². The van der Waals surface area contributed by atoms with E-state index >= 15 is 0 Å². The Morgan fingerprint density at radius 3 is 2.35 bits per heavy atom. The van der Waals surface area contributed by atoms with Gasteiger partial charge in [-0.3, -0.25) is 9.59 Å². The third-order valence-corrected chi connectivity index (χ3v) is 6.69. The standard InChI is InChI=1S/C26H33N5O3/c1-4-11-22-25(33)29(19(2)21-14-9-6-10-15-21)17-23-30(22)24(32)18-28(3)31(23)26(34)27-16-20-12-7-5-8-13-20/h5-10,12-15,19,22-23H,4,11,16-18H2,1-3H3,(H,27,34)/t19-,22-,23-/m0/s1. The molecule has 4 rings (SSSR count). The van der Waals surface area contributed by atoms with E-state index in [4.69, 9.17) is 0 Å². The lowest BCUT2D eigenvalue weighted by Gasteiger charge is -2.55. The van der Waals surface area contributed by atoms with Crippen LogP contribution in [0.3, 0.4) is 0 Å². The van der Waals surface area contributed by atoms with Crippen molar-refractivity contribution in [1.29, 1.82) is 0 Å². The normalized spacial score (nSPS) is 21.9. The number of amides is 4. The number of rotatable bonds is 6. The molecule has 4 amide bonds. The summed E-state index contributed by atoms with van der Waals surface area (Å²) in [5.41, 5.74) is 2.01. The lowest BCUT2D eigenvalue weighted by atomic mass is 9.98. The zero-order chi connectivity index (χ0) is 24.2. The van der Waals surface area contributed by atoms with Crippen LogP contribution in [0.4, 0.5) is 4.79 Å². The summed E-state index contributed by atoms with van der Waals surface area (Å²) in [4.78, 5) is 43.5. The first-order valence-electron chi connectivity index (χ1n) is 11.9. The number of piperazine rings is 1. The van der Waals surface area contributed by atoms with Gasteiger partial charge in [0.1, 0.15) is 12.2 Å². The lowest BCUT2D eigenvalue weighted by Crippen LogP contribution is -2.76. The van der Waals surface area contributed by atoms with Gasteiger partial charge in [-0.15, -0.1) is 0 Å². The molecule has 2 aliphatic rings. The van der Waals surface area contributed by atoms with Gasteiger partial charge in [0, 0.05) is 13.6 Å². The van der Waals surface area contributed by atoms with Crippen molar-refractivity contribution in [3.8, 4) is 0 Å². The number of carbonyl (C=O) groups excluding carboxylic acids is 3. The Hall–Kier alpha value is -3.39. The molecule has 2 fully saturated rings. The van der Waals surface area contributed by atoms with E-state index < -0.39 is 12.2 Å². The van der Waals surface area contributed by atoms with E-state index in [1.165, 1.54) is 0 Å². The predicted octanol–water partition coefficient (Wildman–Crippen LogP) is 2.99. The first kappa shape index (κ1) is 23.8. The Kier molecular flexibility index (Phi) is 7.17. The highest BCUT2D eigenvalue weighted by Gasteiger charge is 2.51. The maximum Gasteiger partial charge on any atom is 0.334 e. The fourth-order valence-electron chi connectivity index (χ4n) is 4.93. The number of carbonyl (C=O) groups is 3. The molecule has 0 spiro atoms. The first-order chi connectivity index (χ1) is 16.4. The molecule has 0 radical (unpaired) electrons. The van der Waals surface area contributed by atoms with Crippen LogP contribution in [-0.4, -0.2) is 70.0 Å². The van der Waals surface area contributed by atoms with E-state index in [0.717, 1.165) is 17.5 Å². The highest BCUT2D eigenvalue weighted by molar-refractivity contribution is 5.91. The molecule has 0 unspecified atom stereocenters. The molecule has 1 N–H and O–H groups in total. The molecule has 3 atom stereocenters. The molecule has 2 aliphatic heterocycles. The third-order valence-electron chi connectivity index (χ3n) is 6.69. The second-order valence-electron chi connectivity index (χ2n) is 8.97. The van der Waals surface area contributed by atoms with Crippen LogP contribution in [0.15, 0.2) is 60.7 Å². The molecule has 8 heteroatoms.